The largest absolute Gasteiger partial charge is 0.394 e. The van der Waals surface area contributed by atoms with E-state index in [9.17, 15) is 0 Å². The summed E-state index contributed by atoms with van der Waals surface area (Å²) in [5.74, 6) is 1.18. The summed E-state index contributed by atoms with van der Waals surface area (Å²) in [6.45, 7) is 4.28. The molecule has 2 atom stereocenters. The van der Waals surface area contributed by atoms with Gasteiger partial charge in [0.2, 0.25) is 0 Å². The van der Waals surface area contributed by atoms with Crippen molar-refractivity contribution in [3.8, 4) is 0 Å². The van der Waals surface area contributed by atoms with Crippen LogP contribution in [0.15, 0.2) is 18.2 Å². The van der Waals surface area contributed by atoms with Gasteiger partial charge in [-0.05, 0) is 30.0 Å². The molecule has 4 N–H and O–H groups in total. The molecule has 0 aliphatic carbocycles. The third-order valence-electron chi connectivity index (χ3n) is 3.25. The predicted molar refractivity (Wildman–Crippen MR) is 68.8 cm³/mol. The first-order valence-corrected chi connectivity index (χ1v) is 6.01. The fourth-order valence-corrected chi connectivity index (χ4v) is 1.85. The van der Waals surface area contributed by atoms with E-state index in [1.165, 1.54) is 5.56 Å². The number of fused-ring (bicyclic) bond motifs is 1. The Morgan fingerprint density at radius 2 is 2.24 bits per heavy atom. The zero-order valence-corrected chi connectivity index (χ0v) is 10.3. The van der Waals surface area contributed by atoms with Crippen molar-refractivity contribution in [3.63, 3.8) is 0 Å². The van der Waals surface area contributed by atoms with E-state index in [4.69, 9.17) is 10.8 Å². The number of aromatic nitrogens is 2. The van der Waals surface area contributed by atoms with Crippen molar-refractivity contribution in [2.24, 2.45) is 5.73 Å². The van der Waals surface area contributed by atoms with E-state index in [1.807, 2.05) is 6.07 Å². The van der Waals surface area contributed by atoms with Gasteiger partial charge in [-0.15, -0.1) is 0 Å². The minimum absolute atomic E-state index is 0.0992. The molecule has 1 heterocycles. The average molecular weight is 233 g/mol. The molecule has 92 valence electrons. The van der Waals surface area contributed by atoms with Crippen molar-refractivity contribution >= 4 is 11.0 Å². The van der Waals surface area contributed by atoms with Crippen LogP contribution < -0.4 is 5.73 Å². The van der Waals surface area contributed by atoms with E-state index in [-0.39, 0.29) is 6.61 Å². The molecular weight excluding hydrogens is 214 g/mol. The standard InChI is InChI=1S/C13H19N3O/c1-3-8(2)9-4-5-11-12(6-9)16-13(15-11)10(14)7-17/h4-6,8,10,17H,3,7,14H2,1-2H3,(H,15,16). The van der Waals surface area contributed by atoms with Crippen LogP contribution in [0, 0.1) is 0 Å². The number of nitrogens with two attached hydrogens (primary N) is 1. The molecule has 0 saturated carbocycles. The number of aliphatic hydroxyl groups is 1. The molecule has 0 fully saturated rings. The van der Waals surface area contributed by atoms with Gasteiger partial charge in [-0.1, -0.05) is 19.9 Å². The minimum Gasteiger partial charge on any atom is -0.394 e. The summed E-state index contributed by atoms with van der Waals surface area (Å²) in [6.07, 6.45) is 1.11. The number of H-pyrrole nitrogens is 1. The van der Waals surface area contributed by atoms with Gasteiger partial charge in [0, 0.05) is 0 Å². The number of aromatic amines is 1. The molecule has 2 unspecified atom stereocenters. The van der Waals surface area contributed by atoms with Crippen molar-refractivity contribution in [2.45, 2.75) is 32.2 Å². The molecule has 0 radical (unpaired) electrons. The maximum absolute atomic E-state index is 9.01. The first-order valence-electron chi connectivity index (χ1n) is 6.01. The van der Waals surface area contributed by atoms with Gasteiger partial charge in [0.05, 0.1) is 23.7 Å². The highest BCUT2D eigenvalue weighted by Crippen LogP contribution is 2.23. The Balaban J connectivity index is 2.41. The number of nitrogens with one attached hydrogen (secondary N) is 1. The van der Waals surface area contributed by atoms with E-state index in [1.54, 1.807) is 0 Å². The lowest BCUT2D eigenvalue weighted by Gasteiger charge is -2.07. The summed E-state index contributed by atoms with van der Waals surface area (Å²) in [4.78, 5) is 7.54. The van der Waals surface area contributed by atoms with E-state index < -0.39 is 6.04 Å². The Kier molecular flexibility index (Phi) is 3.45. The van der Waals surface area contributed by atoms with Crippen LogP contribution in [-0.4, -0.2) is 21.7 Å². The van der Waals surface area contributed by atoms with E-state index in [0.717, 1.165) is 17.5 Å². The van der Waals surface area contributed by atoms with Gasteiger partial charge < -0.3 is 15.8 Å². The highest BCUT2D eigenvalue weighted by Gasteiger charge is 2.11. The van der Waals surface area contributed by atoms with Crippen molar-refractivity contribution in [2.75, 3.05) is 6.61 Å². The third-order valence-corrected chi connectivity index (χ3v) is 3.25. The number of nitrogens with zero attached hydrogens (tertiary/aromatic N) is 1. The van der Waals surface area contributed by atoms with Crippen LogP contribution in [0.4, 0.5) is 0 Å². The van der Waals surface area contributed by atoms with Crippen molar-refractivity contribution < 1.29 is 5.11 Å². The first kappa shape index (κ1) is 12.1. The molecule has 4 heteroatoms. The van der Waals surface area contributed by atoms with Gasteiger partial charge in [0.15, 0.2) is 0 Å². The van der Waals surface area contributed by atoms with Crippen LogP contribution in [0.1, 0.15) is 43.6 Å². The fraction of sp³-hybridized carbons (Fsp3) is 0.462. The highest BCUT2D eigenvalue weighted by atomic mass is 16.3. The van der Waals surface area contributed by atoms with Crippen LogP contribution in [0.5, 0.6) is 0 Å². The topological polar surface area (TPSA) is 74.9 Å². The van der Waals surface area contributed by atoms with Crippen molar-refractivity contribution in [3.05, 3.63) is 29.6 Å². The summed E-state index contributed by atoms with van der Waals surface area (Å²) in [5.41, 5.74) is 8.92. The molecule has 0 aliphatic rings. The predicted octanol–water partition coefficient (Wildman–Crippen LogP) is 2.07. The molecular formula is C13H19N3O. The van der Waals surface area contributed by atoms with Crippen molar-refractivity contribution in [1.29, 1.82) is 0 Å². The molecule has 4 nitrogen and oxygen atoms in total. The Morgan fingerprint density at radius 3 is 2.88 bits per heavy atom. The quantitative estimate of drug-likeness (QED) is 0.756. The van der Waals surface area contributed by atoms with Gasteiger partial charge in [-0.25, -0.2) is 4.98 Å². The van der Waals surface area contributed by atoms with Gasteiger partial charge in [0.25, 0.3) is 0 Å². The zero-order valence-electron chi connectivity index (χ0n) is 10.3. The van der Waals surface area contributed by atoms with E-state index in [0.29, 0.717) is 11.7 Å². The van der Waals surface area contributed by atoms with Crippen LogP contribution in [0.3, 0.4) is 0 Å². The first-order chi connectivity index (χ1) is 8.15. The second-order valence-corrected chi connectivity index (χ2v) is 4.50. The second kappa shape index (κ2) is 4.85. The van der Waals surface area contributed by atoms with Crippen LogP contribution >= 0.6 is 0 Å². The Labute approximate surface area is 101 Å². The van der Waals surface area contributed by atoms with Gasteiger partial charge in [-0.3, -0.25) is 0 Å². The molecule has 1 aromatic carbocycles. The molecule has 2 rings (SSSR count). The van der Waals surface area contributed by atoms with Gasteiger partial charge >= 0.3 is 0 Å². The average Bonchev–Trinajstić information content (AvgIpc) is 2.79. The number of aliphatic hydroxyl groups excluding tert-OH is 1. The zero-order chi connectivity index (χ0) is 12.4. The van der Waals surface area contributed by atoms with Crippen molar-refractivity contribution in [1.82, 2.24) is 9.97 Å². The number of hydrogen-bond donors (Lipinski definition) is 3. The Bertz CT molecular complexity index is 498. The SMILES string of the molecule is CCC(C)c1ccc2nc(C(N)CO)[nH]c2c1. The molecule has 0 saturated heterocycles. The summed E-state index contributed by atoms with van der Waals surface area (Å²) >= 11 is 0. The second-order valence-electron chi connectivity index (χ2n) is 4.50. The smallest absolute Gasteiger partial charge is 0.126 e. The monoisotopic (exact) mass is 233 g/mol. The summed E-state index contributed by atoms with van der Waals surface area (Å²) in [7, 11) is 0. The maximum Gasteiger partial charge on any atom is 0.126 e. The molecule has 0 bridgehead atoms. The fourth-order valence-electron chi connectivity index (χ4n) is 1.85. The van der Waals surface area contributed by atoms with Crippen LogP contribution in [0.2, 0.25) is 0 Å². The normalized spacial score (nSPS) is 15.1. The minimum atomic E-state index is -0.436. The molecule has 0 spiro atoms. The summed E-state index contributed by atoms with van der Waals surface area (Å²) < 4.78 is 0. The molecule has 17 heavy (non-hydrogen) atoms. The highest BCUT2D eigenvalue weighted by molar-refractivity contribution is 5.76. The Hall–Kier alpha value is -1.39. The van der Waals surface area contributed by atoms with Gasteiger partial charge in [0.1, 0.15) is 5.82 Å². The number of benzene rings is 1. The van der Waals surface area contributed by atoms with Crippen LogP contribution in [0.25, 0.3) is 11.0 Å². The van der Waals surface area contributed by atoms with E-state index >= 15 is 0 Å². The van der Waals surface area contributed by atoms with E-state index in [2.05, 4.69) is 35.9 Å². The lowest BCUT2D eigenvalue weighted by Crippen LogP contribution is -2.15. The lowest BCUT2D eigenvalue weighted by atomic mass is 9.98. The van der Waals surface area contributed by atoms with Gasteiger partial charge in [-0.2, -0.15) is 0 Å². The Morgan fingerprint density at radius 1 is 1.47 bits per heavy atom. The van der Waals surface area contributed by atoms with Crippen LogP contribution in [-0.2, 0) is 0 Å². The maximum atomic E-state index is 9.01. The molecule has 0 amide bonds. The molecule has 2 aromatic rings. The molecule has 1 aromatic heterocycles. The third kappa shape index (κ3) is 2.33. The number of rotatable bonds is 4. The summed E-state index contributed by atoms with van der Waals surface area (Å²) in [5, 5.41) is 9.01. The molecule has 0 aliphatic heterocycles. The number of imidazole rings is 1. The summed E-state index contributed by atoms with van der Waals surface area (Å²) in [6, 6.07) is 5.78. The number of hydrogen-bond acceptors (Lipinski definition) is 3. The lowest BCUT2D eigenvalue weighted by molar-refractivity contribution is 0.264.